The third-order valence-electron chi connectivity index (χ3n) is 6.81. The van der Waals surface area contributed by atoms with Gasteiger partial charge in [-0.2, -0.15) is 0 Å². The zero-order chi connectivity index (χ0) is 22.7. The van der Waals surface area contributed by atoms with E-state index in [1.165, 1.54) is 55.2 Å². The number of benzene rings is 4. The first-order valence-electron chi connectivity index (χ1n) is 11.4. The molecule has 6 rings (SSSR count). The monoisotopic (exact) mass is 618 g/mol. The standard InChI is InChI=1S/C31H25N2.Ir/c1-19-10-5-6-13-24(19)28-18-33-30-22(4)16-23(29-20(2)11-9-12-21(29)3)17-27(30)25-14-7-8-15-26(25)31(33)32-28;/h5-14,16-18H,1-4H3;/q-1;. The maximum atomic E-state index is 5.10. The molecule has 0 saturated carbocycles. The van der Waals surface area contributed by atoms with Crippen LogP contribution in [-0.4, -0.2) is 9.38 Å². The van der Waals surface area contributed by atoms with Gasteiger partial charge in [-0.1, -0.05) is 53.9 Å². The van der Waals surface area contributed by atoms with Crippen molar-refractivity contribution in [1.82, 2.24) is 9.38 Å². The van der Waals surface area contributed by atoms with Gasteiger partial charge in [-0.25, -0.2) is 0 Å². The molecule has 0 unspecified atom stereocenters. The zero-order valence-electron chi connectivity index (χ0n) is 19.7. The van der Waals surface area contributed by atoms with Crippen molar-refractivity contribution < 1.29 is 20.1 Å². The van der Waals surface area contributed by atoms with Gasteiger partial charge in [0.25, 0.3) is 0 Å². The Bertz CT molecular complexity index is 1690. The number of hydrogen-bond acceptors (Lipinski definition) is 1. The molecule has 0 aliphatic heterocycles. The number of hydrogen-bond donors (Lipinski definition) is 0. The van der Waals surface area contributed by atoms with Gasteiger partial charge in [0, 0.05) is 37.4 Å². The van der Waals surface area contributed by atoms with Gasteiger partial charge < -0.3 is 4.40 Å². The second kappa shape index (κ2) is 8.51. The first-order chi connectivity index (χ1) is 16.0. The summed E-state index contributed by atoms with van der Waals surface area (Å²) >= 11 is 0. The molecule has 0 fully saturated rings. The number of rotatable bonds is 2. The van der Waals surface area contributed by atoms with Crippen LogP contribution in [0.2, 0.25) is 0 Å². The summed E-state index contributed by atoms with van der Waals surface area (Å²) in [5, 5.41) is 3.49. The molecule has 3 heteroatoms. The zero-order valence-corrected chi connectivity index (χ0v) is 22.1. The second-order valence-electron chi connectivity index (χ2n) is 9.05. The van der Waals surface area contributed by atoms with Crippen LogP contribution in [0.4, 0.5) is 0 Å². The SMILES string of the molecule is Cc1ccccc1-c1cn2c(n1)c1[c-]cccc1c1cc(-c3c(C)cccc3C)cc(C)c12.[Ir]. The van der Waals surface area contributed by atoms with E-state index in [2.05, 4.69) is 111 Å². The average Bonchev–Trinajstić information content (AvgIpc) is 3.24. The molecular formula is C31H25IrN2-. The summed E-state index contributed by atoms with van der Waals surface area (Å²) in [6.07, 6.45) is 2.19. The van der Waals surface area contributed by atoms with Crippen molar-refractivity contribution in [3.63, 3.8) is 0 Å². The van der Waals surface area contributed by atoms with E-state index in [1.807, 2.05) is 6.07 Å². The summed E-state index contributed by atoms with van der Waals surface area (Å²) in [7, 11) is 0. The predicted octanol–water partition coefficient (Wildman–Crippen LogP) is 8.01. The molecule has 2 aromatic heterocycles. The summed E-state index contributed by atoms with van der Waals surface area (Å²) in [5.74, 6) is 0. The van der Waals surface area contributed by atoms with Gasteiger partial charge >= 0.3 is 0 Å². The molecule has 6 aromatic rings. The maximum absolute atomic E-state index is 5.10. The van der Waals surface area contributed by atoms with Gasteiger partial charge in [0.1, 0.15) is 0 Å². The molecule has 0 aliphatic rings. The van der Waals surface area contributed by atoms with Gasteiger partial charge in [-0.05, 0) is 72.5 Å². The van der Waals surface area contributed by atoms with Crippen molar-refractivity contribution in [3.8, 4) is 22.4 Å². The third kappa shape index (κ3) is 3.39. The molecule has 2 nitrogen and oxygen atoms in total. The number of fused-ring (bicyclic) bond motifs is 6. The Balaban J connectivity index is 0.00000241. The van der Waals surface area contributed by atoms with E-state index >= 15 is 0 Å². The Kier molecular flexibility index (Phi) is 5.64. The van der Waals surface area contributed by atoms with Crippen LogP contribution in [0.1, 0.15) is 22.3 Å². The number of aromatic nitrogens is 2. The maximum Gasteiger partial charge on any atom is 0.0774 e. The molecule has 2 heterocycles. The van der Waals surface area contributed by atoms with Crippen molar-refractivity contribution in [1.29, 1.82) is 0 Å². The normalized spacial score (nSPS) is 11.3. The fourth-order valence-electron chi connectivity index (χ4n) is 5.28. The van der Waals surface area contributed by atoms with E-state index < -0.39 is 0 Å². The molecule has 0 saturated heterocycles. The largest absolute Gasteiger partial charge is 0.339 e. The van der Waals surface area contributed by atoms with Crippen LogP contribution in [-0.2, 0) is 20.1 Å². The Morgan fingerprint density at radius 2 is 1.47 bits per heavy atom. The van der Waals surface area contributed by atoms with E-state index in [0.717, 1.165) is 16.7 Å². The molecule has 0 atom stereocenters. The Morgan fingerprint density at radius 1 is 0.735 bits per heavy atom. The molecular weight excluding hydrogens is 593 g/mol. The fourth-order valence-corrected chi connectivity index (χ4v) is 5.28. The number of nitrogens with zero attached hydrogens (tertiary/aromatic N) is 2. The molecule has 34 heavy (non-hydrogen) atoms. The molecule has 0 aliphatic carbocycles. The number of pyridine rings is 1. The first kappa shape index (κ1) is 22.5. The van der Waals surface area contributed by atoms with E-state index in [4.69, 9.17) is 4.98 Å². The molecule has 0 spiro atoms. The van der Waals surface area contributed by atoms with Crippen LogP contribution >= 0.6 is 0 Å². The Labute approximate surface area is 213 Å². The smallest absolute Gasteiger partial charge is 0.0774 e. The Hall–Kier alpha value is -3.26. The molecule has 4 aromatic carbocycles. The minimum absolute atomic E-state index is 0. The minimum atomic E-state index is 0. The summed E-state index contributed by atoms with van der Waals surface area (Å²) < 4.78 is 2.26. The first-order valence-corrected chi connectivity index (χ1v) is 11.4. The topological polar surface area (TPSA) is 17.3 Å². The summed E-state index contributed by atoms with van der Waals surface area (Å²) in [5.41, 5.74) is 12.0. The number of imidazole rings is 1. The molecule has 0 bridgehead atoms. The van der Waals surface area contributed by atoms with E-state index in [9.17, 15) is 0 Å². The van der Waals surface area contributed by atoms with Gasteiger partial charge in [-0.3, -0.25) is 4.98 Å². The van der Waals surface area contributed by atoms with Crippen LogP contribution in [0, 0.1) is 33.8 Å². The summed E-state index contributed by atoms with van der Waals surface area (Å²) in [4.78, 5) is 5.10. The third-order valence-corrected chi connectivity index (χ3v) is 6.81. The van der Waals surface area contributed by atoms with Crippen LogP contribution in [0.5, 0.6) is 0 Å². The van der Waals surface area contributed by atoms with Crippen molar-refractivity contribution in [2.45, 2.75) is 27.7 Å². The quantitative estimate of drug-likeness (QED) is 0.142. The van der Waals surface area contributed by atoms with Crippen molar-refractivity contribution >= 4 is 27.3 Å². The fraction of sp³-hybridized carbons (Fsp3) is 0.129. The van der Waals surface area contributed by atoms with Crippen LogP contribution in [0.25, 0.3) is 49.7 Å². The minimum Gasteiger partial charge on any atom is -0.339 e. The number of aryl methyl sites for hydroxylation is 4. The van der Waals surface area contributed by atoms with Crippen molar-refractivity contribution in [2.75, 3.05) is 0 Å². The van der Waals surface area contributed by atoms with Gasteiger partial charge in [0.05, 0.1) is 11.3 Å². The van der Waals surface area contributed by atoms with Crippen LogP contribution in [0.3, 0.4) is 0 Å². The van der Waals surface area contributed by atoms with Crippen molar-refractivity contribution in [3.05, 3.63) is 107 Å². The molecule has 169 valence electrons. The average molecular weight is 618 g/mol. The van der Waals surface area contributed by atoms with Gasteiger partial charge in [0.15, 0.2) is 0 Å². The summed E-state index contributed by atoms with van der Waals surface area (Å²) in [6.45, 7) is 8.75. The van der Waals surface area contributed by atoms with E-state index in [1.54, 1.807) is 0 Å². The van der Waals surface area contributed by atoms with Gasteiger partial charge in [0.2, 0.25) is 0 Å². The van der Waals surface area contributed by atoms with Crippen molar-refractivity contribution in [2.24, 2.45) is 0 Å². The molecule has 1 radical (unpaired) electrons. The summed E-state index contributed by atoms with van der Waals surface area (Å²) in [6, 6.07) is 29.4. The predicted molar refractivity (Wildman–Crippen MR) is 139 cm³/mol. The molecule has 0 amide bonds. The van der Waals surface area contributed by atoms with Gasteiger partial charge in [-0.15, -0.1) is 29.7 Å². The van der Waals surface area contributed by atoms with Crippen LogP contribution in [0.15, 0.2) is 79.0 Å². The van der Waals surface area contributed by atoms with Crippen LogP contribution < -0.4 is 0 Å². The Morgan fingerprint density at radius 3 is 2.24 bits per heavy atom. The molecule has 0 N–H and O–H groups in total. The van der Waals surface area contributed by atoms with E-state index in [0.29, 0.717) is 0 Å². The second-order valence-corrected chi connectivity index (χ2v) is 9.05. The van der Waals surface area contributed by atoms with E-state index in [-0.39, 0.29) is 20.1 Å².